The van der Waals surface area contributed by atoms with Crippen LogP contribution in [0.5, 0.6) is 0 Å². The van der Waals surface area contributed by atoms with Crippen LogP contribution in [0.2, 0.25) is 0 Å². The Morgan fingerprint density at radius 1 is 1.54 bits per heavy atom. The summed E-state index contributed by atoms with van der Waals surface area (Å²) in [6, 6.07) is 2.06. The minimum absolute atomic E-state index is 0. The third kappa shape index (κ3) is 1.93. The van der Waals surface area contributed by atoms with Crippen molar-refractivity contribution in [3.05, 3.63) is 21.9 Å². The number of carbonyl (C=O) groups excluding carboxylic acids is 1. The second kappa shape index (κ2) is 4.22. The molecule has 2 N–H and O–H groups in total. The van der Waals surface area contributed by atoms with Gasteiger partial charge in [0.05, 0.1) is 4.88 Å². The van der Waals surface area contributed by atoms with Gasteiger partial charge in [0.25, 0.3) is 0 Å². The number of rotatable bonds is 0. The molecular weight excluding hydrogens is 206 g/mol. The number of halogens is 1. The Morgan fingerprint density at radius 2 is 2.31 bits per heavy atom. The molecule has 1 unspecified atom stereocenters. The van der Waals surface area contributed by atoms with Gasteiger partial charge < -0.3 is 5.73 Å². The van der Waals surface area contributed by atoms with Crippen LogP contribution in [0.1, 0.15) is 40.5 Å². The molecule has 2 nitrogen and oxygen atoms in total. The number of hydrogen-bond donors (Lipinski definition) is 1. The number of ketones is 1. The maximum atomic E-state index is 11.5. The first kappa shape index (κ1) is 10.7. The van der Waals surface area contributed by atoms with E-state index in [4.69, 9.17) is 5.73 Å². The summed E-state index contributed by atoms with van der Waals surface area (Å²) in [7, 11) is 0. The first-order chi connectivity index (χ1) is 5.79. The van der Waals surface area contributed by atoms with E-state index in [1.807, 2.05) is 11.4 Å². The van der Waals surface area contributed by atoms with Gasteiger partial charge in [-0.2, -0.15) is 0 Å². The smallest absolute Gasteiger partial charge is 0.173 e. The Labute approximate surface area is 87.5 Å². The van der Waals surface area contributed by atoms with Gasteiger partial charge in [-0.15, -0.1) is 23.7 Å². The summed E-state index contributed by atoms with van der Waals surface area (Å²) < 4.78 is 0. The zero-order chi connectivity index (χ0) is 8.55. The van der Waals surface area contributed by atoms with E-state index in [1.165, 1.54) is 11.3 Å². The average Bonchev–Trinajstić information content (AvgIpc) is 2.47. The summed E-state index contributed by atoms with van der Waals surface area (Å²) in [5.41, 5.74) is 6.97. The molecule has 1 heterocycles. The van der Waals surface area contributed by atoms with E-state index in [2.05, 4.69) is 0 Å². The van der Waals surface area contributed by atoms with Crippen LogP contribution in [0, 0.1) is 0 Å². The lowest BCUT2D eigenvalue weighted by Gasteiger charge is -2.05. The number of Topliss-reactive ketones (excluding diaryl/α,β-unsaturated/α-hetero) is 1. The van der Waals surface area contributed by atoms with E-state index in [1.54, 1.807) is 0 Å². The zero-order valence-corrected chi connectivity index (χ0v) is 8.79. The van der Waals surface area contributed by atoms with Crippen LogP contribution in [0.3, 0.4) is 0 Å². The van der Waals surface area contributed by atoms with Crippen LogP contribution in [0.15, 0.2) is 11.4 Å². The van der Waals surface area contributed by atoms with Gasteiger partial charge in [0.15, 0.2) is 5.78 Å². The molecule has 0 fully saturated rings. The molecule has 2 rings (SSSR count). The molecule has 1 aromatic rings. The second-order valence-electron chi connectivity index (χ2n) is 3.13. The van der Waals surface area contributed by atoms with Crippen molar-refractivity contribution < 1.29 is 4.79 Å². The van der Waals surface area contributed by atoms with Crippen LogP contribution in [-0.4, -0.2) is 5.78 Å². The van der Waals surface area contributed by atoms with E-state index in [9.17, 15) is 4.79 Å². The fourth-order valence-electron chi connectivity index (χ4n) is 1.59. The van der Waals surface area contributed by atoms with Crippen LogP contribution >= 0.6 is 23.7 Å². The minimum atomic E-state index is 0. The molecule has 0 saturated carbocycles. The molecule has 1 aliphatic rings. The third-order valence-electron chi connectivity index (χ3n) is 2.27. The largest absolute Gasteiger partial charge is 0.324 e. The third-order valence-corrected chi connectivity index (χ3v) is 3.24. The molecule has 4 heteroatoms. The first-order valence-electron chi connectivity index (χ1n) is 4.15. The SMILES string of the molecule is Cl.NC1CCCC(=O)c2sccc21. The number of thiophene rings is 1. The molecule has 0 saturated heterocycles. The maximum Gasteiger partial charge on any atom is 0.173 e. The van der Waals surface area contributed by atoms with Crippen LogP contribution in [-0.2, 0) is 0 Å². The fourth-order valence-corrected chi connectivity index (χ4v) is 2.53. The Hall–Kier alpha value is -0.380. The van der Waals surface area contributed by atoms with Crippen molar-refractivity contribution in [3.63, 3.8) is 0 Å². The highest BCUT2D eigenvalue weighted by atomic mass is 35.5. The van der Waals surface area contributed by atoms with Crippen molar-refractivity contribution in [2.24, 2.45) is 5.73 Å². The molecule has 0 radical (unpaired) electrons. The Kier molecular flexibility index (Phi) is 3.47. The highest BCUT2D eigenvalue weighted by molar-refractivity contribution is 7.12. The summed E-state index contributed by atoms with van der Waals surface area (Å²) in [5.74, 6) is 0.271. The molecule has 0 aliphatic heterocycles. The number of nitrogens with two attached hydrogens (primary N) is 1. The fraction of sp³-hybridized carbons (Fsp3) is 0.444. The van der Waals surface area contributed by atoms with Gasteiger partial charge in [-0.3, -0.25) is 4.79 Å². The van der Waals surface area contributed by atoms with E-state index in [0.29, 0.717) is 6.42 Å². The standard InChI is InChI=1S/C9H11NOS.ClH/c10-7-2-1-3-8(11)9-6(7)4-5-12-9;/h4-5,7H,1-3,10H2;1H. The molecule has 0 amide bonds. The first-order valence-corrected chi connectivity index (χ1v) is 5.03. The Balaban J connectivity index is 0.000000845. The number of fused-ring (bicyclic) bond motifs is 1. The van der Waals surface area contributed by atoms with Crippen molar-refractivity contribution in [2.75, 3.05) is 0 Å². The van der Waals surface area contributed by atoms with Crippen LogP contribution < -0.4 is 5.73 Å². The summed E-state index contributed by atoms with van der Waals surface area (Å²) in [6.07, 6.45) is 2.54. The van der Waals surface area contributed by atoms with Gasteiger partial charge in [0.1, 0.15) is 0 Å². The van der Waals surface area contributed by atoms with Gasteiger partial charge in [-0.05, 0) is 29.9 Å². The Morgan fingerprint density at radius 3 is 3.08 bits per heavy atom. The lowest BCUT2D eigenvalue weighted by Crippen LogP contribution is -2.08. The molecular formula is C9H12ClNOS. The predicted octanol–water partition coefficient (Wildman–Crippen LogP) is 2.54. The second-order valence-corrected chi connectivity index (χ2v) is 4.04. The van der Waals surface area contributed by atoms with E-state index in [-0.39, 0.29) is 24.2 Å². The van der Waals surface area contributed by atoms with Gasteiger partial charge in [0.2, 0.25) is 0 Å². The zero-order valence-electron chi connectivity index (χ0n) is 7.16. The molecule has 1 aromatic heterocycles. The average molecular weight is 218 g/mol. The summed E-state index contributed by atoms with van der Waals surface area (Å²) in [6.45, 7) is 0. The molecule has 0 aromatic carbocycles. The topological polar surface area (TPSA) is 43.1 Å². The van der Waals surface area contributed by atoms with Crippen molar-refractivity contribution in [1.29, 1.82) is 0 Å². The van der Waals surface area contributed by atoms with Crippen molar-refractivity contribution in [3.8, 4) is 0 Å². The highest BCUT2D eigenvalue weighted by Gasteiger charge is 2.21. The van der Waals surface area contributed by atoms with E-state index >= 15 is 0 Å². The van der Waals surface area contributed by atoms with Crippen molar-refractivity contribution in [2.45, 2.75) is 25.3 Å². The number of carbonyl (C=O) groups is 1. The summed E-state index contributed by atoms with van der Waals surface area (Å²) in [4.78, 5) is 12.4. The monoisotopic (exact) mass is 217 g/mol. The highest BCUT2D eigenvalue weighted by Crippen LogP contribution is 2.30. The quantitative estimate of drug-likeness (QED) is 0.679. The molecule has 72 valence electrons. The van der Waals surface area contributed by atoms with Gasteiger partial charge >= 0.3 is 0 Å². The molecule has 1 aliphatic carbocycles. The van der Waals surface area contributed by atoms with Crippen molar-refractivity contribution >= 4 is 29.5 Å². The summed E-state index contributed by atoms with van der Waals surface area (Å²) >= 11 is 1.52. The lowest BCUT2D eigenvalue weighted by molar-refractivity contribution is 0.0986. The summed E-state index contributed by atoms with van der Waals surface area (Å²) in [5, 5.41) is 1.95. The lowest BCUT2D eigenvalue weighted by atomic mass is 10.1. The molecule has 0 bridgehead atoms. The minimum Gasteiger partial charge on any atom is -0.324 e. The molecule has 1 atom stereocenters. The Bertz CT molecular complexity index is 310. The van der Waals surface area contributed by atoms with Crippen molar-refractivity contribution in [1.82, 2.24) is 0 Å². The van der Waals surface area contributed by atoms with Crippen LogP contribution in [0.4, 0.5) is 0 Å². The molecule has 0 spiro atoms. The van der Waals surface area contributed by atoms with Gasteiger partial charge in [0, 0.05) is 12.5 Å². The normalized spacial score (nSPS) is 21.6. The molecule has 13 heavy (non-hydrogen) atoms. The number of hydrogen-bond acceptors (Lipinski definition) is 3. The maximum absolute atomic E-state index is 11.5. The van der Waals surface area contributed by atoms with Gasteiger partial charge in [-0.25, -0.2) is 0 Å². The van der Waals surface area contributed by atoms with Gasteiger partial charge in [-0.1, -0.05) is 0 Å². The predicted molar refractivity (Wildman–Crippen MR) is 56.7 cm³/mol. The van der Waals surface area contributed by atoms with E-state index < -0.39 is 0 Å². The van der Waals surface area contributed by atoms with Crippen LogP contribution in [0.25, 0.3) is 0 Å². The van der Waals surface area contributed by atoms with E-state index in [0.717, 1.165) is 23.3 Å².